The van der Waals surface area contributed by atoms with Crippen molar-refractivity contribution >= 4 is 15.5 Å². The van der Waals surface area contributed by atoms with Gasteiger partial charge >= 0.3 is 0 Å². The monoisotopic (exact) mass is 282 g/mol. The molecule has 1 heterocycles. The van der Waals surface area contributed by atoms with Crippen molar-refractivity contribution in [2.24, 2.45) is 0 Å². The molecule has 0 aromatic heterocycles. The summed E-state index contributed by atoms with van der Waals surface area (Å²) in [5, 5.41) is 3.40. The van der Waals surface area contributed by atoms with Crippen LogP contribution in [0.5, 0.6) is 0 Å². The number of rotatable bonds is 3. The summed E-state index contributed by atoms with van der Waals surface area (Å²) in [6.07, 6.45) is 3.33. The average molecular weight is 282 g/mol. The summed E-state index contributed by atoms with van der Waals surface area (Å²) in [7, 11) is -1.05. The number of likely N-dealkylation sites (tertiary alicyclic amines) is 1. The average Bonchev–Trinajstić information content (AvgIpc) is 2.33. The van der Waals surface area contributed by atoms with Crippen molar-refractivity contribution in [3.63, 3.8) is 0 Å². The minimum absolute atomic E-state index is 0.342. The minimum atomic E-state index is -3.18. The van der Waals surface area contributed by atoms with Crippen molar-refractivity contribution in [2.75, 3.05) is 25.2 Å². The van der Waals surface area contributed by atoms with E-state index in [0.717, 1.165) is 25.1 Å². The van der Waals surface area contributed by atoms with Crippen molar-refractivity contribution in [1.29, 1.82) is 0 Å². The number of benzene rings is 1. The van der Waals surface area contributed by atoms with Gasteiger partial charge < -0.3 is 10.2 Å². The summed E-state index contributed by atoms with van der Waals surface area (Å²) in [5.41, 5.74) is 0.728. The minimum Gasteiger partial charge on any atom is -0.381 e. The highest BCUT2D eigenvalue weighted by atomic mass is 32.2. The molecule has 106 valence electrons. The zero-order valence-electron chi connectivity index (χ0n) is 11.8. The van der Waals surface area contributed by atoms with E-state index >= 15 is 0 Å². The van der Waals surface area contributed by atoms with E-state index in [-0.39, 0.29) is 0 Å². The van der Waals surface area contributed by atoms with E-state index in [0.29, 0.717) is 17.0 Å². The molecule has 2 rings (SSSR count). The van der Waals surface area contributed by atoms with E-state index in [9.17, 15) is 8.42 Å². The predicted octanol–water partition coefficient (Wildman–Crippen LogP) is 1.98. The third-order valence-electron chi connectivity index (χ3n) is 3.85. The van der Waals surface area contributed by atoms with Gasteiger partial charge in [-0.25, -0.2) is 8.42 Å². The molecule has 2 atom stereocenters. The fraction of sp³-hybridized carbons (Fsp3) is 0.571. The van der Waals surface area contributed by atoms with Crippen molar-refractivity contribution in [3.05, 3.63) is 24.3 Å². The summed E-state index contributed by atoms with van der Waals surface area (Å²) >= 11 is 0. The Hall–Kier alpha value is -1.07. The highest BCUT2D eigenvalue weighted by Crippen LogP contribution is 2.25. The molecule has 1 fully saturated rings. The smallest absolute Gasteiger partial charge is 0.177 e. The molecule has 1 aromatic rings. The van der Waals surface area contributed by atoms with Gasteiger partial charge in [0.25, 0.3) is 0 Å². The summed E-state index contributed by atoms with van der Waals surface area (Å²) < 4.78 is 23.5. The number of nitrogens with zero attached hydrogens (tertiary/aromatic N) is 1. The molecule has 2 unspecified atom stereocenters. The lowest BCUT2D eigenvalue weighted by molar-refractivity contribution is 0.190. The van der Waals surface area contributed by atoms with Crippen LogP contribution in [-0.2, 0) is 9.84 Å². The normalized spacial score (nSPS) is 25.2. The number of nitrogens with one attached hydrogen (secondary N) is 1. The quantitative estimate of drug-likeness (QED) is 0.921. The molecule has 0 aliphatic carbocycles. The van der Waals surface area contributed by atoms with E-state index in [1.807, 2.05) is 12.1 Å². The lowest BCUT2D eigenvalue weighted by Gasteiger charge is -2.36. The maximum atomic E-state index is 11.8. The molecule has 1 aliphatic heterocycles. The summed E-state index contributed by atoms with van der Waals surface area (Å²) in [6, 6.07) is 8.01. The van der Waals surface area contributed by atoms with Gasteiger partial charge in [-0.3, -0.25) is 0 Å². The van der Waals surface area contributed by atoms with Crippen LogP contribution in [0.3, 0.4) is 0 Å². The second-order valence-electron chi connectivity index (χ2n) is 5.46. The van der Waals surface area contributed by atoms with Crippen molar-refractivity contribution in [1.82, 2.24) is 4.90 Å². The molecule has 0 saturated carbocycles. The molecule has 0 bridgehead atoms. The first-order valence-corrected chi connectivity index (χ1v) is 8.53. The van der Waals surface area contributed by atoms with Crippen molar-refractivity contribution in [3.8, 4) is 0 Å². The third kappa shape index (κ3) is 3.48. The molecule has 1 N–H and O–H groups in total. The van der Waals surface area contributed by atoms with Crippen LogP contribution >= 0.6 is 0 Å². The van der Waals surface area contributed by atoms with Gasteiger partial charge in [0, 0.05) is 24.9 Å². The summed E-state index contributed by atoms with van der Waals surface area (Å²) in [5.74, 6) is 0. The van der Waals surface area contributed by atoms with Crippen LogP contribution in [0.25, 0.3) is 0 Å². The van der Waals surface area contributed by atoms with Gasteiger partial charge in [-0.1, -0.05) is 12.1 Å². The van der Waals surface area contributed by atoms with Crippen molar-refractivity contribution in [2.45, 2.75) is 36.7 Å². The lowest BCUT2D eigenvalue weighted by atomic mass is 9.99. The first kappa shape index (κ1) is 14.3. The van der Waals surface area contributed by atoms with E-state index in [4.69, 9.17) is 0 Å². The third-order valence-corrected chi connectivity index (χ3v) is 5.01. The number of hydrogen-bond acceptors (Lipinski definition) is 4. The Morgan fingerprint density at radius 2 is 2.00 bits per heavy atom. The van der Waals surface area contributed by atoms with Gasteiger partial charge in [0.05, 0.1) is 10.6 Å². The van der Waals surface area contributed by atoms with E-state index < -0.39 is 9.84 Å². The Balaban J connectivity index is 2.16. The maximum absolute atomic E-state index is 11.8. The standard InChI is InChI=1S/C14H22N2O2S/c1-11-10-12(8-9-16(11)2)15-13-6-4-5-7-14(13)19(3,17)18/h4-7,11-12,15H,8-10H2,1-3H3. The van der Waals surface area contributed by atoms with E-state index in [2.05, 4.69) is 24.2 Å². The second kappa shape index (κ2) is 5.51. The first-order valence-electron chi connectivity index (χ1n) is 6.64. The second-order valence-corrected chi connectivity index (χ2v) is 7.45. The highest BCUT2D eigenvalue weighted by Gasteiger charge is 2.24. The van der Waals surface area contributed by atoms with Crippen LogP contribution in [0.1, 0.15) is 19.8 Å². The topological polar surface area (TPSA) is 49.4 Å². The predicted molar refractivity (Wildman–Crippen MR) is 78.3 cm³/mol. The van der Waals surface area contributed by atoms with Crippen LogP contribution in [0.15, 0.2) is 29.2 Å². The zero-order chi connectivity index (χ0) is 14.0. The van der Waals surface area contributed by atoms with Gasteiger partial charge in [0.1, 0.15) is 0 Å². The maximum Gasteiger partial charge on any atom is 0.177 e. The van der Waals surface area contributed by atoms with Crippen LogP contribution in [0, 0.1) is 0 Å². The Kier molecular flexibility index (Phi) is 4.16. The molecule has 4 nitrogen and oxygen atoms in total. The molecule has 0 spiro atoms. The molecule has 1 aromatic carbocycles. The number of hydrogen-bond donors (Lipinski definition) is 1. The first-order chi connectivity index (χ1) is 8.88. The molecular weight excluding hydrogens is 260 g/mol. The number of sulfone groups is 1. The van der Waals surface area contributed by atoms with Gasteiger partial charge in [0.15, 0.2) is 9.84 Å². The number of anilines is 1. The zero-order valence-corrected chi connectivity index (χ0v) is 12.6. The summed E-state index contributed by atoms with van der Waals surface area (Å²) in [6.45, 7) is 3.25. The van der Waals surface area contributed by atoms with Crippen LogP contribution in [-0.4, -0.2) is 45.2 Å². The van der Waals surface area contributed by atoms with E-state index in [1.54, 1.807) is 12.1 Å². The fourth-order valence-electron chi connectivity index (χ4n) is 2.55. The number of para-hydroxylation sites is 1. The Labute approximate surface area is 115 Å². The van der Waals surface area contributed by atoms with Gasteiger partial charge in [0.2, 0.25) is 0 Å². The highest BCUT2D eigenvalue weighted by molar-refractivity contribution is 7.90. The molecule has 1 saturated heterocycles. The Morgan fingerprint density at radius 1 is 1.32 bits per heavy atom. The number of piperidine rings is 1. The van der Waals surface area contributed by atoms with Crippen LogP contribution in [0.2, 0.25) is 0 Å². The molecule has 0 amide bonds. The molecular formula is C14H22N2O2S. The van der Waals surface area contributed by atoms with Gasteiger partial charge in [-0.15, -0.1) is 0 Å². The molecule has 0 radical (unpaired) electrons. The SMILES string of the molecule is CC1CC(Nc2ccccc2S(C)(=O)=O)CCN1C. The van der Waals surface area contributed by atoms with Gasteiger partial charge in [-0.05, 0) is 38.9 Å². The van der Waals surface area contributed by atoms with Crippen molar-refractivity contribution < 1.29 is 8.42 Å². The lowest BCUT2D eigenvalue weighted by Crippen LogP contribution is -2.42. The summed E-state index contributed by atoms with van der Waals surface area (Å²) in [4.78, 5) is 2.72. The van der Waals surface area contributed by atoms with Crippen LogP contribution < -0.4 is 5.32 Å². The Morgan fingerprint density at radius 3 is 2.63 bits per heavy atom. The molecule has 19 heavy (non-hydrogen) atoms. The van der Waals surface area contributed by atoms with E-state index in [1.165, 1.54) is 6.26 Å². The van der Waals surface area contributed by atoms with Crippen LogP contribution in [0.4, 0.5) is 5.69 Å². The molecule has 1 aliphatic rings. The fourth-order valence-corrected chi connectivity index (χ4v) is 3.40. The Bertz CT molecular complexity index is 542. The largest absolute Gasteiger partial charge is 0.381 e. The van der Waals surface area contributed by atoms with Gasteiger partial charge in [-0.2, -0.15) is 0 Å². The molecule has 5 heteroatoms.